The standard InChI is InChI=1S/C18H28O2S/c1-5-7-8-9-12-15-21(19,20)17-14-11-10-13-16(17)18(3,4)6-2/h5,10-11,13-14H,1,6-9,12,15H2,2-4H3. The second kappa shape index (κ2) is 7.79. The third kappa shape index (κ3) is 4.99. The molecule has 0 aliphatic rings. The van der Waals surface area contributed by atoms with Gasteiger partial charge in [0.25, 0.3) is 0 Å². The Labute approximate surface area is 130 Å². The average molecular weight is 308 g/mol. The molecule has 0 saturated heterocycles. The normalized spacial score (nSPS) is 12.3. The highest BCUT2D eigenvalue weighted by molar-refractivity contribution is 7.91. The van der Waals surface area contributed by atoms with Crippen LogP contribution in [0.2, 0.25) is 0 Å². The van der Waals surface area contributed by atoms with E-state index in [1.54, 1.807) is 6.07 Å². The van der Waals surface area contributed by atoms with Crippen LogP contribution in [0.15, 0.2) is 41.8 Å². The smallest absolute Gasteiger partial charge is 0.178 e. The van der Waals surface area contributed by atoms with Crippen molar-refractivity contribution in [1.82, 2.24) is 0 Å². The second-order valence-electron chi connectivity index (χ2n) is 6.19. The summed E-state index contributed by atoms with van der Waals surface area (Å²) >= 11 is 0. The molecule has 0 fully saturated rings. The molecule has 3 heteroatoms. The Bertz CT molecular complexity index is 556. The molecule has 0 aliphatic heterocycles. The lowest BCUT2D eigenvalue weighted by Gasteiger charge is -2.26. The van der Waals surface area contributed by atoms with E-state index < -0.39 is 9.84 Å². The third-order valence-corrected chi connectivity index (χ3v) is 6.01. The first-order chi connectivity index (χ1) is 9.85. The molecule has 0 bridgehead atoms. The average Bonchev–Trinajstić information content (AvgIpc) is 2.47. The molecule has 0 aliphatic carbocycles. The van der Waals surface area contributed by atoms with Crippen molar-refractivity contribution in [1.29, 1.82) is 0 Å². The Balaban J connectivity index is 2.91. The first-order valence-corrected chi connectivity index (χ1v) is 9.43. The van der Waals surface area contributed by atoms with Crippen LogP contribution in [0.3, 0.4) is 0 Å². The van der Waals surface area contributed by atoms with Gasteiger partial charge in [-0.2, -0.15) is 0 Å². The lowest BCUT2D eigenvalue weighted by atomic mass is 9.82. The van der Waals surface area contributed by atoms with Gasteiger partial charge >= 0.3 is 0 Å². The fourth-order valence-corrected chi connectivity index (χ4v) is 4.12. The van der Waals surface area contributed by atoms with E-state index >= 15 is 0 Å². The maximum absolute atomic E-state index is 12.6. The summed E-state index contributed by atoms with van der Waals surface area (Å²) in [6, 6.07) is 7.45. The molecule has 0 saturated carbocycles. The highest BCUT2D eigenvalue weighted by Crippen LogP contribution is 2.32. The Morgan fingerprint density at radius 1 is 1.14 bits per heavy atom. The van der Waals surface area contributed by atoms with E-state index in [0.29, 0.717) is 4.90 Å². The molecule has 21 heavy (non-hydrogen) atoms. The minimum Gasteiger partial charge on any atom is -0.224 e. The Kier molecular flexibility index (Phi) is 6.66. The number of rotatable bonds is 9. The molecule has 1 rings (SSSR count). The van der Waals surface area contributed by atoms with Gasteiger partial charge in [0.15, 0.2) is 9.84 Å². The van der Waals surface area contributed by atoms with Crippen molar-refractivity contribution in [3.05, 3.63) is 42.5 Å². The van der Waals surface area contributed by atoms with Crippen molar-refractivity contribution in [2.75, 3.05) is 5.75 Å². The van der Waals surface area contributed by atoms with Gasteiger partial charge in [0.05, 0.1) is 10.6 Å². The van der Waals surface area contributed by atoms with Crippen LogP contribution < -0.4 is 0 Å². The Morgan fingerprint density at radius 3 is 2.43 bits per heavy atom. The van der Waals surface area contributed by atoms with Gasteiger partial charge in [-0.15, -0.1) is 6.58 Å². The van der Waals surface area contributed by atoms with Gasteiger partial charge in [0.2, 0.25) is 0 Å². The highest BCUT2D eigenvalue weighted by Gasteiger charge is 2.26. The number of benzene rings is 1. The maximum atomic E-state index is 12.6. The summed E-state index contributed by atoms with van der Waals surface area (Å²) in [6.45, 7) is 9.99. The van der Waals surface area contributed by atoms with Crippen LogP contribution in [0, 0.1) is 0 Å². The molecule has 0 unspecified atom stereocenters. The van der Waals surface area contributed by atoms with E-state index in [4.69, 9.17) is 0 Å². The topological polar surface area (TPSA) is 34.1 Å². The summed E-state index contributed by atoms with van der Waals surface area (Å²) in [4.78, 5) is 0.514. The van der Waals surface area contributed by atoms with E-state index in [-0.39, 0.29) is 11.2 Å². The summed E-state index contributed by atoms with van der Waals surface area (Å²) in [7, 11) is -3.20. The van der Waals surface area contributed by atoms with Crippen LogP contribution in [0.1, 0.15) is 58.4 Å². The molecule has 0 spiro atoms. The van der Waals surface area contributed by atoms with Gasteiger partial charge in [-0.25, -0.2) is 8.42 Å². The van der Waals surface area contributed by atoms with E-state index in [1.165, 1.54) is 0 Å². The van der Waals surface area contributed by atoms with E-state index in [9.17, 15) is 8.42 Å². The molecule has 2 nitrogen and oxygen atoms in total. The second-order valence-corrected chi connectivity index (χ2v) is 8.27. The Hall–Kier alpha value is -1.09. The minimum atomic E-state index is -3.20. The predicted molar refractivity (Wildman–Crippen MR) is 90.5 cm³/mol. The molecule has 0 aromatic heterocycles. The molecule has 0 heterocycles. The van der Waals surface area contributed by atoms with Gasteiger partial charge in [-0.1, -0.05) is 51.5 Å². The summed E-state index contributed by atoms with van der Waals surface area (Å²) < 4.78 is 25.3. The Morgan fingerprint density at radius 2 is 1.81 bits per heavy atom. The van der Waals surface area contributed by atoms with Crippen molar-refractivity contribution in [2.45, 2.75) is 63.2 Å². The lowest BCUT2D eigenvalue weighted by molar-refractivity contribution is 0.493. The van der Waals surface area contributed by atoms with E-state index in [0.717, 1.165) is 37.7 Å². The molecule has 0 N–H and O–H groups in total. The van der Waals surface area contributed by atoms with Gasteiger partial charge in [0, 0.05) is 0 Å². The number of allylic oxidation sites excluding steroid dienone is 1. The van der Waals surface area contributed by atoms with Crippen LogP contribution in [0.25, 0.3) is 0 Å². The van der Waals surface area contributed by atoms with Crippen LogP contribution in [-0.4, -0.2) is 14.2 Å². The molecule has 0 atom stereocenters. The zero-order valence-electron chi connectivity index (χ0n) is 13.6. The monoisotopic (exact) mass is 308 g/mol. The van der Waals surface area contributed by atoms with Crippen molar-refractivity contribution in [2.24, 2.45) is 0 Å². The number of sulfone groups is 1. The molecule has 118 valence electrons. The van der Waals surface area contributed by atoms with E-state index in [1.807, 2.05) is 24.3 Å². The quantitative estimate of drug-likeness (QED) is 0.480. The molecule has 0 amide bonds. The van der Waals surface area contributed by atoms with Crippen LogP contribution in [-0.2, 0) is 15.3 Å². The SMILES string of the molecule is C=CCCCCCS(=O)(=O)c1ccccc1C(C)(C)CC. The summed E-state index contributed by atoms with van der Waals surface area (Å²) in [5.41, 5.74) is 0.825. The fraction of sp³-hybridized carbons (Fsp3) is 0.556. The zero-order valence-corrected chi connectivity index (χ0v) is 14.4. The van der Waals surface area contributed by atoms with Gasteiger partial charge in [0.1, 0.15) is 0 Å². The largest absolute Gasteiger partial charge is 0.224 e. The van der Waals surface area contributed by atoms with Gasteiger partial charge in [-0.3, -0.25) is 0 Å². The molecule has 0 radical (unpaired) electrons. The molecular weight excluding hydrogens is 280 g/mol. The lowest BCUT2D eigenvalue weighted by Crippen LogP contribution is -2.21. The van der Waals surface area contributed by atoms with Crippen molar-refractivity contribution >= 4 is 9.84 Å². The molecular formula is C18H28O2S. The minimum absolute atomic E-state index is 0.119. The van der Waals surface area contributed by atoms with Crippen molar-refractivity contribution in [3.63, 3.8) is 0 Å². The highest BCUT2D eigenvalue weighted by atomic mass is 32.2. The van der Waals surface area contributed by atoms with Crippen LogP contribution >= 0.6 is 0 Å². The van der Waals surface area contributed by atoms with Crippen LogP contribution in [0.5, 0.6) is 0 Å². The summed E-state index contributed by atoms with van der Waals surface area (Å²) in [5.74, 6) is 0.237. The number of hydrogen-bond donors (Lipinski definition) is 0. The summed E-state index contributed by atoms with van der Waals surface area (Å²) in [5, 5.41) is 0. The predicted octanol–water partition coefficient (Wildman–Crippen LogP) is 4.89. The van der Waals surface area contributed by atoms with E-state index in [2.05, 4.69) is 27.4 Å². The number of hydrogen-bond acceptors (Lipinski definition) is 2. The third-order valence-electron chi connectivity index (χ3n) is 4.16. The molecule has 1 aromatic rings. The first-order valence-electron chi connectivity index (χ1n) is 7.78. The summed E-state index contributed by atoms with van der Waals surface area (Å²) in [6.07, 6.45) is 6.43. The van der Waals surface area contributed by atoms with Gasteiger partial charge in [-0.05, 0) is 42.7 Å². The fourth-order valence-electron chi connectivity index (χ4n) is 2.35. The molecule has 1 aromatic carbocycles. The van der Waals surface area contributed by atoms with Crippen molar-refractivity contribution < 1.29 is 8.42 Å². The maximum Gasteiger partial charge on any atom is 0.178 e. The number of unbranched alkanes of at least 4 members (excludes halogenated alkanes) is 3. The van der Waals surface area contributed by atoms with Gasteiger partial charge < -0.3 is 0 Å². The zero-order chi connectivity index (χ0) is 15.9. The van der Waals surface area contributed by atoms with Crippen molar-refractivity contribution in [3.8, 4) is 0 Å². The first kappa shape index (κ1) is 18.0. The van der Waals surface area contributed by atoms with Crippen LogP contribution in [0.4, 0.5) is 0 Å².